The van der Waals surface area contributed by atoms with Crippen LogP contribution in [0.2, 0.25) is 15.1 Å². The molecule has 0 atom stereocenters. The molecule has 0 amide bonds. The summed E-state index contributed by atoms with van der Waals surface area (Å²) in [5.74, 6) is 0.516. The Kier molecular flexibility index (Phi) is 4.77. The van der Waals surface area contributed by atoms with Crippen LogP contribution in [0.5, 0.6) is 11.5 Å². The van der Waals surface area contributed by atoms with E-state index in [2.05, 4.69) is 5.32 Å². The number of nitrogens with one attached hydrogen (secondary N) is 1. The highest BCUT2D eigenvalue weighted by Crippen LogP contribution is 2.37. The Labute approximate surface area is 135 Å². The van der Waals surface area contributed by atoms with E-state index in [-0.39, 0.29) is 27.2 Å². The molecular weight excluding hydrogens is 339 g/mol. The quantitative estimate of drug-likeness (QED) is 0.457. The van der Waals surface area contributed by atoms with Crippen LogP contribution < -0.4 is 10.1 Å². The van der Waals surface area contributed by atoms with Crippen LogP contribution in [0.3, 0.4) is 0 Å². The van der Waals surface area contributed by atoms with Crippen LogP contribution >= 0.6 is 34.8 Å². The van der Waals surface area contributed by atoms with Crippen molar-refractivity contribution in [2.45, 2.75) is 0 Å². The number of non-ortho nitro benzene ring substituents is 1. The molecule has 0 spiro atoms. The second-order valence-electron chi connectivity index (χ2n) is 4.02. The molecule has 0 saturated carbocycles. The molecule has 8 heteroatoms. The molecule has 0 aromatic heterocycles. The minimum Gasteiger partial charge on any atom is -0.455 e. The van der Waals surface area contributed by atoms with E-state index in [1.807, 2.05) is 0 Å². The van der Waals surface area contributed by atoms with E-state index in [0.29, 0.717) is 10.7 Å². The van der Waals surface area contributed by atoms with Gasteiger partial charge in [-0.25, -0.2) is 0 Å². The van der Waals surface area contributed by atoms with Crippen molar-refractivity contribution in [2.75, 3.05) is 12.4 Å². The summed E-state index contributed by atoms with van der Waals surface area (Å²) in [6, 6.07) is 7.18. The highest BCUT2D eigenvalue weighted by Gasteiger charge is 2.13. The van der Waals surface area contributed by atoms with Gasteiger partial charge in [-0.15, -0.1) is 0 Å². The molecule has 0 aliphatic rings. The Morgan fingerprint density at radius 3 is 2.33 bits per heavy atom. The molecule has 21 heavy (non-hydrogen) atoms. The largest absolute Gasteiger partial charge is 0.455 e. The zero-order chi connectivity index (χ0) is 15.6. The van der Waals surface area contributed by atoms with Gasteiger partial charge in [0.05, 0.1) is 26.1 Å². The van der Waals surface area contributed by atoms with E-state index in [1.165, 1.54) is 24.3 Å². The molecule has 0 aliphatic carbocycles. The number of benzene rings is 2. The number of halogens is 3. The lowest BCUT2D eigenvalue weighted by Gasteiger charge is -2.10. The third kappa shape index (κ3) is 3.69. The molecule has 0 aliphatic heterocycles. The maximum atomic E-state index is 10.9. The lowest BCUT2D eigenvalue weighted by atomic mass is 10.2. The summed E-state index contributed by atoms with van der Waals surface area (Å²) >= 11 is 17.7. The van der Waals surface area contributed by atoms with Crippen LogP contribution in [0, 0.1) is 10.1 Å². The first-order valence-electron chi connectivity index (χ1n) is 5.70. The van der Waals surface area contributed by atoms with Gasteiger partial charge < -0.3 is 10.1 Å². The predicted octanol–water partition coefficient (Wildman–Crippen LogP) is 5.39. The van der Waals surface area contributed by atoms with E-state index in [4.69, 9.17) is 39.5 Å². The normalized spacial score (nSPS) is 10.3. The van der Waals surface area contributed by atoms with Gasteiger partial charge in [-0.1, -0.05) is 34.8 Å². The summed E-state index contributed by atoms with van der Waals surface area (Å²) in [6.07, 6.45) is 0. The van der Waals surface area contributed by atoms with Crippen LogP contribution in [0.25, 0.3) is 0 Å². The highest BCUT2D eigenvalue weighted by atomic mass is 35.5. The van der Waals surface area contributed by atoms with Gasteiger partial charge in [0, 0.05) is 30.9 Å². The molecule has 5 nitrogen and oxygen atoms in total. The fourth-order valence-corrected chi connectivity index (χ4v) is 2.18. The predicted molar refractivity (Wildman–Crippen MR) is 84.2 cm³/mol. The third-order valence-corrected chi connectivity index (χ3v) is 3.61. The maximum absolute atomic E-state index is 10.9. The summed E-state index contributed by atoms with van der Waals surface area (Å²) in [5.41, 5.74) is 0.434. The monoisotopic (exact) mass is 346 g/mol. The van der Waals surface area contributed by atoms with Crippen LogP contribution in [-0.4, -0.2) is 12.0 Å². The molecule has 0 heterocycles. The van der Waals surface area contributed by atoms with Crippen molar-refractivity contribution in [3.8, 4) is 11.5 Å². The van der Waals surface area contributed by atoms with Gasteiger partial charge in [0.2, 0.25) is 0 Å². The lowest BCUT2D eigenvalue weighted by Crippen LogP contribution is -1.94. The standard InChI is InChI=1S/C13H9Cl3N2O3/c1-17-7-2-8(18(19)20)4-9(3-7)21-13-6-11(15)10(14)5-12(13)16/h2-6,17H,1H3. The van der Waals surface area contributed by atoms with E-state index < -0.39 is 4.92 Å². The topological polar surface area (TPSA) is 64.4 Å². The maximum Gasteiger partial charge on any atom is 0.275 e. The van der Waals surface area contributed by atoms with Crippen molar-refractivity contribution < 1.29 is 9.66 Å². The molecule has 2 aromatic rings. The van der Waals surface area contributed by atoms with Crippen LogP contribution in [-0.2, 0) is 0 Å². The van der Waals surface area contributed by atoms with Gasteiger partial charge in [0.1, 0.15) is 11.5 Å². The number of ether oxygens (including phenoxy) is 1. The van der Waals surface area contributed by atoms with Gasteiger partial charge in [0.25, 0.3) is 5.69 Å². The molecule has 2 rings (SSSR count). The Balaban J connectivity index is 2.41. The molecule has 0 fully saturated rings. The summed E-state index contributed by atoms with van der Waals surface area (Å²) < 4.78 is 5.56. The van der Waals surface area contributed by atoms with Gasteiger partial charge >= 0.3 is 0 Å². The Hall–Kier alpha value is -1.69. The van der Waals surface area contributed by atoms with E-state index in [9.17, 15) is 10.1 Å². The molecule has 0 saturated heterocycles. The first kappa shape index (κ1) is 15.7. The molecule has 0 unspecified atom stereocenters. The average Bonchev–Trinajstić information content (AvgIpc) is 2.44. The fraction of sp³-hybridized carbons (Fsp3) is 0.0769. The third-order valence-electron chi connectivity index (χ3n) is 2.59. The number of hydrogen-bond acceptors (Lipinski definition) is 4. The van der Waals surface area contributed by atoms with Crippen molar-refractivity contribution >= 4 is 46.2 Å². The highest BCUT2D eigenvalue weighted by molar-refractivity contribution is 6.43. The minimum absolute atomic E-state index is 0.104. The minimum atomic E-state index is -0.510. The Bertz CT molecular complexity index is 707. The first-order chi connectivity index (χ1) is 9.90. The van der Waals surface area contributed by atoms with E-state index in [0.717, 1.165) is 0 Å². The first-order valence-corrected chi connectivity index (χ1v) is 6.83. The number of nitrogens with zero attached hydrogens (tertiary/aromatic N) is 1. The molecule has 0 radical (unpaired) electrons. The molecule has 2 aromatic carbocycles. The Morgan fingerprint density at radius 1 is 1.05 bits per heavy atom. The van der Waals surface area contributed by atoms with E-state index >= 15 is 0 Å². The molecule has 110 valence electrons. The number of nitro groups is 1. The number of hydrogen-bond donors (Lipinski definition) is 1. The Morgan fingerprint density at radius 2 is 1.71 bits per heavy atom. The number of anilines is 1. The molecule has 1 N–H and O–H groups in total. The van der Waals surface area contributed by atoms with Gasteiger partial charge in [-0.05, 0) is 6.07 Å². The smallest absolute Gasteiger partial charge is 0.275 e. The van der Waals surface area contributed by atoms with Gasteiger partial charge in [-0.3, -0.25) is 10.1 Å². The van der Waals surface area contributed by atoms with Crippen molar-refractivity contribution in [3.63, 3.8) is 0 Å². The zero-order valence-corrected chi connectivity index (χ0v) is 13.0. The lowest BCUT2D eigenvalue weighted by molar-refractivity contribution is -0.384. The summed E-state index contributed by atoms with van der Waals surface area (Å²) in [7, 11) is 1.65. The van der Waals surface area contributed by atoms with Crippen molar-refractivity contribution in [3.05, 3.63) is 55.5 Å². The van der Waals surface area contributed by atoms with Gasteiger partial charge in [-0.2, -0.15) is 0 Å². The van der Waals surface area contributed by atoms with Crippen LogP contribution in [0.1, 0.15) is 0 Å². The SMILES string of the molecule is CNc1cc(Oc2cc(Cl)c(Cl)cc2Cl)cc([N+](=O)[O-])c1. The van der Waals surface area contributed by atoms with Crippen molar-refractivity contribution in [1.82, 2.24) is 0 Å². The zero-order valence-electron chi connectivity index (χ0n) is 10.7. The molecule has 0 bridgehead atoms. The van der Waals surface area contributed by atoms with Crippen molar-refractivity contribution in [2.24, 2.45) is 0 Å². The van der Waals surface area contributed by atoms with Crippen molar-refractivity contribution in [1.29, 1.82) is 0 Å². The summed E-state index contributed by atoms with van der Waals surface area (Å²) in [6.45, 7) is 0. The summed E-state index contributed by atoms with van der Waals surface area (Å²) in [5, 5.41) is 14.5. The van der Waals surface area contributed by atoms with Crippen LogP contribution in [0.15, 0.2) is 30.3 Å². The molecular formula is C13H9Cl3N2O3. The number of nitro benzene ring substituents is 1. The summed E-state index contributed by atoms with van der Waals surface area (Å²) in [4.78, 5) is 10.4. The number of rotatable bonds is 4. The average molecular weight is 348 g/mol. The van der Waals surface area contributed by atoms with Crippen LogP contribution in [0.4, 0.5) is 11.4 Å². The second kappa shape index (κ2) is 6.39. The second-order valence-corrected chi connectivity index (χ2v) is 5.24. The fourth-order valence-electron chi connectivity index (χ4n) is 1.60. The van der Waals surface area contributed by atoms with Gasteiger partial charge in [0.15, 0.2) is 0 Å². The van der Waals surface area contributed by atoms with E-state index in [1.54, 1.807) is 13.1 Å².